The Morgan fingerprint density at radius 3 is 2.67 bits per heavy atom. The molecule has 0 saturated heterocycles. The van der Waals surface area contributed by atoms with E-state index < -0.39 is 0 Å². The minimum Gasteiger partial charge on any atom is -0.393 e. The van der Waals surface area contributed by atoms with Crippen LogP contribution in [0.2, 0.25) is 0 Å². The Labute approximate surface area is 76.2 Å². The summed E-state index contributed by atoms with van der Waals surface area (Å²) >= 11 is 0. The molecule has 72 valence electrons. The van der Waals surface area contributed by atoms with Gasteiger partial charge in [0.15, 0.2) is 0 Å². The molecule has 1 heteroatoms. The number of unbranched alkanes of at least 4 members (excludes halogenated alkanes) is 1. The molecule has 0 radical (unpaired) electrons. The van der Waals surface area contributed by atoms with Crippen molar-refractivity contribution in [2.75, 3.05) is 0 Å². The Bertz CT molecular complexity index is 122. The van der Waals surface area contributed by atoms with Gasteiger partial charge < -0.3 is 5.11 Å². The smallest absolute Gasteiger partial charge is 0.0571 e. The summed E-state index contributed by atoms with van der Waals surface area (Å²) in [6, 6.07) is 0. The molecule has 1 rings (SSSR count). The molecule has 0 unspecified atom stereocenters. The second kappa shape index (κ2) is 4.86. The number of hydrogen-bond donors (Lipinski definition) is 1. The third-order valence-electron chi connectivity index (χ3n) is 2.98. The van der Waals surface area contributed by atoms with Crippen molar-refractivity contribution in [3.05, 3.63) is 0 Å². The Balaban J connectivity index is 2.06. The van der Waals surface area contributed by atoms with E-state index in [2.05, 4.69) is 13.8 Å². The molecule has 0 spiro atoms. The van der Waals surface area contributed by atoms with Crippen LogP contribution in [0.5, 0.6) is 0 Å². The molecule has 1 aliphatic rings. The van der Waals surface area contributed by atoms with Gasteiger partial charge in [0.05, 0.1) is 6.10 Å². The molecule has 0 bridgehead atoms. The molecule has 0 aromatic carbocycles. The molecule has 1 aliphatic carbocycles. The van der Waals surface area contributed by atoms with Crippen LogP contribution in [0, 0.1) is 11.8 Å². The average Bonchev–Trinajstić information content (AvgIpc) is 2.80. The Morgan fingerprint density at radius 2 is 2.08 bits per heavy atom. The molecule has 0 amide bonds. The quantitative estimate of drug-likeness (QED) is 0.649. The molecule has 1 saturated carbocycles. The van der Waals surface area contributed by atoms with Crippen molar-refractivity contribution in [1.82, 2.24) is 0 Å². The van der Waals surface area contributed by atoms with E-state index in [1.165, 1.54) is 25.7 Å². The largest absolute Gasteiger partial charge is 0.393 e. The van der Waals surface area contributed by atoms with Crippen molar-refractivity contribution in [2.45, 2.75) is 58.5 Å². The minimum atomic E-state index is 0.0110. The normalized spacial score (nSPS) is 30.2. The maximum absolute atomic E-state index is 9.66. The Hall–Kier alpha value is -0.0400. The highest BCUT2D eigenvalue weighted by atomic mass is 16.3. The first-order valence-corrected chi connectivity index (χ1v) is 5.47. The fourth-order valence-corrected chi connectivity index (χ4v) is 2.05. The fourth-order valence-electron chi connectivity index (χ4n) is 2.05. The van der Waals surface area contributed by atoms with Crippen LogP contribution in [0.1, 0.15) is 52.4 Å². The predicted molar refractivity (Wildman–Crippen MR) is 52.0 cm³/mol. The van der Waals surface area contributed by atoms with Gasteiger partial charge in [0.25, 0.3) is 0 Å². The van der Waals surface area contributed by atoms with Gasteiger partial charge in [-0.2, -0.15) is 0 Å². The summed E-state index contributed by atoms with van der Waals surface area (Å²) in [7, 11) is 0. The number of hydrogen-bond acceptors (Lipinski definition) is 1. The highest BCUT2D eigenvalue weighted by Crippen LogP contribution is 2.45. The summed E-state index contributed by atoms with van der Waals surface area (Å²) in [5, 5.41) is 9.66. The summed E-state index contributed by atoms with van der Waals surface area (Å²) < 4.78 is 0. The monoisotopic (exact) mass is 170 g/mol. The van der Waals surface area contributed by atoms with Crippen LogP contribution in [0.15, 0.2) is 0 Å². The molecule has 0 heterocycles. The Morgan fingerprint density at radius 1 is 1.33 bits per heavy atom. The van der Waals surface area contributed by atoms with Gasteiger partial charge >= 0.3 is 0 Å². The second-order valence-electron chi connectivity index (χ2n) is 4.16. The van der Waals surface area contributed by atoms with Crippen LogP contribution in [0.25, 0.3) is 0 Å². The molecule has 12 heavy (non-hydrogen) atoms. The van der Waals surface area contributed by atoms with E-state index in [1.807, 2.05) is 0 Å². The first-order valence-electron chi connectivity index (χ1n) is 5.47. The van der Waals surface area contributed by atoms with Gasteiger partial charge in [-0.05, 0) is 24.7 Å². The number of aliphatic hydroxyl groups excluding tert-OH is 1. The third-order valence-corrected chi connectivity index (χ3v) is 2.98. The fraction of sp³-hybridized carbons (Fsp3) is 1.00. The van der Waals surface area contributed by atoms with Gasteiger partial charge in [-0.15, -0.1) is 0 Å². The predicted octanol–water partition coefficient (Wildman–Crippen LogP) is 2.97. The highest BCUT2D eigenvalue weighted by Gasteiger charge is 2.40. The van der Waals surface area contributed by atoms with Crippen molar-refractivity contribution < 1.29 is 5.11 Å². The first kappa shape index (κ1) is 10.0. The first-order chi connectivity index (χ1) is 5.79. The van der Waals surface area contributed by atoms with Gasteiger partial charge in [-0.25, -0.2) is 0 Å². The molecule has 0 aliphatic heterocycles. The summed E-state index contributed by atoms with van der Waals surface area (Å²) in [6.45, 7) is 4.38. The van der Waals surface area contributed by atoms with Gasteiger partial charge in [0.1, 0.15) is 0 Å². The van der Waals surface area contributed by atoms with Crippen LogP contribution < -0.4 is 0 Å². The third kappa shape index (κ3) is 2.78. The SMILES string of the molecule is CCCC[C@H]1C[C@@H]1[C@H](O)CCC. The highest BCUT2D eigenvalue weighted by molar-refractivity contribution is 4.90. The van der Waals surface area contributed by atoms with Crippen LogP contribution >= 0.6 is 0 Å². The number of rotatable bonds is 6. The zero-order valence-electron chi connectivity index (χ0n) is 8.42. The van der Waals surface area contributed by atoms with Crippen LogP contribution in [0.3, 0.4) is 0 Å². The van der Waals surface area contributed by atoms with Gasteiger partial charge in [-0.3, -0.25) is 0 Å². The molecule has 1 nitrogen and oxygen atoms in total. The van der Waals surface area contributed by atoms with E-state index in [0.717, 1.165) is 18.8 Å². The minimum absolute atomic E-state index is 0.0110. The van der Waals surface area contributed by atoms with Gasteiger partial charge in [0.2, 0.25) is 0 Å². The lowest BCUT2D eigenvalue weighted by Gasteiger charge is -2.07. The van der Waals surface area contributed by atoms with Crippen LogP contribution in [-0.4, -0.2) is 11.2 Å². The summed E-state index contributed by atoms with van der Waals surface area (Å²) in [5.41, 5.74) is 0. The number of aliphatic hydroxyl groups is 1. The zero-order chi connectivity index (χ0) is 8.97. The molecular weight excluding hydrogens is 148 g/mol. The molecule has 1 fully saturated rings. The van der Waals surface area contributed by atoms with E-state index in [1.54, 1.807) is 0 Å². The van der Waals surface area contributed by atoms with E-state index in [-0.39, 0.29) is 6.10 Å². The van der Waals surface area contributed by atoms with Crippen molar-refractivity contribution in [1.29, 1.82) is 0 Å². The molecule has 1 N–H and O–H groups in total. The van der Waals surface area contributed by atoms with Crippen molar-refractivity contribution >= 4 is 0 Å². The van der Waals surface area contributed by atoms with E-state index in [0.29, 0.717) is 5.92 Å². The van der Waals surface area contributed by atoms with Crippen molar-refractivity contribution in [3.8, 4) is 0 Å². The average molecular weight is 170 g/mol. The van der Waals surface area contributed by atoms with E-state index in [9.17, 15) is 5.11 Å². The van der Waals surface area contributed by atoms with Crippen molar-refractivity contribution in [2.24, 2.45) is 11.8 Å². The summed E-state index contributed by atoms with van der Waals surface area (Å²) in [4.78, 5) is 0. The lowest BCUT2D eigenvalue weighted by Crippen LogP contribution is -2.09. The maximum atomic E-state index is 9.66. The van der Waals surface area contributed by atoms with Crippen molar-refractivity contribution in [3.63, 3.8) is 0 Å². The topological polar surface area (TPSA) is 20.2 Å². The van der Waals surface area contributed by atoms with Gasteiger partial charge in [-0.1, -0.05) is 39.5 Å². The van der Waals surface area contributed by atoms with E-state index >= 15 is 0 Å². The summed E-state index contributed by atoms with van der Waals surface area (Å²) in [6.07, 6.45) is 7.43. The second-order valence-corrected chi connectivity index (χ2v) is 4.16. The molecule has 0 aromatic heterocycles. The van der Waals surface area contributed by atoms with Crippen LogP contribution in [-0.2, 0) is 0 Å². The Kier molecular flexibility index (Phi) is 4.07. The molecular formula is C11H22O. The van der Waals surface area contributed by atoms with E-state index in [4.69, 9.17) is 0 Å². The lowest BCUT2D eigenvalue weighted by molar-refractivity contribution is 0.133. The van der Waals surface area contributed by atoms with Gasteiger partial charge in [0, 0.05) is 0 Å². The van der Waals surface area contributed by atoms with Crippen LogP contribution in [0.4, 0.5) is 0 Å². The summed E-state index contributed by atoms with van der Waals surface area (Å²) in [5.74, 6) is 1.53. The maximum Gasteiger partial charge on any atom is 0.0571 e. The lowest BCUT2D eigenvalue weighted by atomic mass is 10.1. The standard InChI is InChI=1S/C11H22O/c1-3-5-7-9-8-10(9)11(12)6-4-2/h9-12H,3-8H2,1-2H3/t9-,10-,11+/m0/s1. The molecule has 0 aromatic rings. The molecule has 3 atom stereocenters. The zero-order valence-corrected chi connectivity index (χ0v) is 8.42.